The van der Waals surface area contributed by atoms with Crippen molar-refractivity contribution in [2.45, 2.75) is 44.1 Å². The molecular weight excluding hydrogens is 290 g/mol. The van der Waals surface area contributed by atoms with Crippen LogP contribution in [-0.4, -0.2) is 31.2 Å². The van der Waals surface area contributed by atoms with Crippen molar-refractivity contribution in [3.8, 4) is 0 Å². The van der Waals surface area contributed by atoms with Crippen LogP contribution in [0.4, 0.5) is 0 Å². The van der Waals surface area contributed by atoms with Crippen molar-refractivity contribution in [1.82, 2.24) is 5.32 Å². The molecule has 0 radical (unpaired) electrons. The Morgan fingerprint density at radius 1 is 1.14 bits per heavy atom. The molecule has 6 heteroatoms. The summed E-state index contributed by atoms with van der Waals surface area (Å²) in [4.78, 5) is 11.8. The largest absolute Gasteiger partial charge is 0.392 e. The molecule has 0 atom stereocenters. The number of nitrogens with one attached hydrogen (secondary N) is 1. The van der Waals surface area contributed by atoms with E-state index in [1.807, 2.05) is 0 Å². The summed E-state index contributed by atoms with van der Waals surface area (Å²) in [6, 6.07) is 6.83. The lowest BCUT2D eigenvalue weighted by Gasteiger charge is -2.12. The monoisotopic (exact) mass is 311 g/mol. The number of amides is 1. The zero-order valence-electron chi connectivity index (χ0n) is 11.9. The van der Waals surface area contributed by atoms with Crippen molar-refractivity contribution in [3.05, 3.63) is 35.4 Å². The highest BCUT2D eigenvalue weighted by atomic mass is 32.2. The molecule has 1 aromatic carbocycles. The first kappa shape index (κ1) is 16.0. The lowest BCUT2D eigenvalue weighted by molar-refractivity contribution is -0.119. The van der Waals surface area contributed by atoms with E-state index in [4.69, 9.17) is 5.11 Å². The Kier molecular flexibility index (Phi) is 5.36. The molecule has 2 N–H and O–H groups in total. The molecule has 1 aliphatic rings. The molecule has 0 saturated heterocycles. The van der Waals surface area contributed by atoms with Crippen LogP contribution >= 0.6 is 0 Å². The van der Waals surface area contributed by atoms with Crippen LogP contribution in [0.1, 0.15) is 36.8 Å². The molecule has 0 aliphatic heterocycles. The van der Waals surface area contributed by atoms with E-state index in [2.05, 4.69) is 5.32 Å². The second kappa shape index (κ2) is 7.04. The van der Waals surface area contributed by atoms with Crippen LogP contribution in [0.25, 0.3) is 0 Å². The van der Waals surface area contributed by atoms with Crippen molar-refractivity contribution >= 4 is 15.7 Å². The molecule has 116 valence electrons. The highest BCUT2D eigenvalue weighted by Crippen LogP contribution is 2.17. The average molecular weight is 311 g/mol. The Bertz CT molecular complexity index is 574. The maximum Gasteiger partial charge on any atom is 0.235 e. The summed E-state index contributed by atoms with van der Waals surface area (Å²) in [6.07, 6.45) is 4.06. The summed E-state index contributed by atoms with van der Waals surface area (Å²) in [5.74, 6) is -1.03. The molecule has 0 aromatic heterocycles. The maximum atomic E-state index is 12.0. The lowest BCUT2D eigenvalue weighted by atomic mass is 10.2. The summed E-state index contributed by atoms with van der Waals surface area (Å²) in [6.45, 7) is -0.0726. The van der Waals surface area contributed by atoms with E-state index in [1.54, 1.807) is 24.3 Å². The molecule has 1 aliphatic carbocycles. The van der Waals surface area contributed by atoms with Gasteiger partial charge in [-0.2, -0.15) is 0 Å². The van der Waals surface area contributed by atoms with Gasteiger partial charge < -0.3 is 10.4 Å². The van der Waals surface area contributed by atoms with Crippen LogP contribution in [0.15, 0.2) is 24.3 Å². The van der Waals surface area contributed by atoms with E-state index in [-0.39, 0.29) is 18.4 Å². The van der Waals surface area contributed by atoms with Gasteiger partial charge in [-0.1, -0.05) is 37.1 Å². The smallest absolute Gasteiger partial charge is 0.235 e. The number of carbonyl (C=O) groups excluding carboxylic acids is 1. The normalized spacial score (nSPS) is 16.0. The average Bonchev–Trinajstić information content (AvgIpc) is 2.91. The molecule has 5 nitrogen and oxygen atoms in total. The zero-order valence-corrected chi connectivity index (χ0v) is 12.7. The molecule has 0 spiro atoms. The zero-order chi connectivity index (χ0) is 15.3. The van der Waals surface area contributed by atoms with Crippen LogP contribution in [0, 0.1) is 0 Å². The highest BCUT2D eigenvalue weighted by Gasteiger charge is 2.21. The van der Waals surface area contributed by atoms with E-state index >= 15 is 0 Å². The summed E-state index contributed by atoms with van der Waals surface area (Å²) in [5, 5.41) is 11.7. The number of hydrogen-bond acceptors (Lipinski definition) is 4. The Balaban J connectivity index is 1.89. The first-order valence-electron chi connectivity index (χ1n) is 7.17. The van der Waals surface area contributed by atoms with Crippen LogP contribution in [0.3, 0.4) is 0 Å². The minimum Gasteiger partial charge on any atom is -0.392 e. The van der Waals surface area contributed by atoms with Gasteiger partial charge in [0.25, 0.3) is 0 Å². The van der Waals surface area contributed by atoms with Gasteiger partial charge in [0, 0.05) is 6.04 Å². The Morgan fingerprint density at radius 2 is 1.71 bits per heavy atom. The predicted molar refractivity (Wildman–Crippen MR) is 80.3 cm³/mol. The first-order chi connectivity index (χ1) is 9.98. The minimum absolute atomic E-state index is 0.0726. The van der Waals surface area contributed by atoms with Gasteiger partial charge in [-0.25, -0.2) is 8.42 Å². The third-order valence-electron chi connectivity index (χ3n) is 3.66. The van der Waals surface area contributed by atoms with Gasteiger partial charge in [0.15, 0.2) is 9.84 Å². The molecule has 0 bridgehead atoms. The fraction of sp³-hybridized carbons (Fsp3) is 0.533. The molecule has 1 amide bonds. The third-order valence-corrected chi connectivity index (χ3v) is 5.14. The molecule has 0 heterocycles. The van der Waals surface area contributed by atoms with Gasteiger partial charge in [-0.3, -0.25) is 4.79 Å². The summed E-state index contributed by atoms with van der Waals surface area (Å²) in [5.41, 5.74) is 1.36. The quantitative estimate of drug-likeness (QED) is 0.825. The number of carbonyl (C=O) groups is 1. The summed E-state index contributed by atoms with van der Waals surface area (Å²) >= 11 is 0. The van der Waals surface area contributed by atoms with Crippen molar-refractivity contribution < 1.29 is 18.3 Å². The van der Waals surface area contributed by atoms with Crippen molar-refractivity contribution in [2.24, 2.45) is 0 Å². The first-order valence-corrected chi connectivity index (χ1v) is 8.99. The van der Waals surface area contributed by atoms with Gasteiger partial charge in [-0.05, 0) is 24.0 Å². The number of aliphatic hydroxyl groups excluding tert-OH is 1. The van der Waals surface area contributed by atoms with E-state index in [9.17, 15) is 13.2 Å². The predicted octanol–water partition coefficient (Wildman–Crippen LogP) is 1.15. The highest BCUT2D eigenvalue weighted by molar-refractivity contribution is 7.91. The van der Waals surface area contributed by atoms with Gasteiger partial charge in [0.1, 0.15) is 5.75 Å². The van der Waals surface area contributed by atoms with Gasteiger partial charge in [0.05, 0.1) is 12.4 Å². The Labute approximate surface area is 125 Å². The number of sulfone groups is 1. The number of aliphatic hydroxyl groups is 1. The molecule has 1 aromatic rings. The van der Waals surface area contributed by atoms with Crippen LogP contribution in [0.2, 0.25) is 0 Å². The molecule has 21 heavy (non-hydrogen) atoms. The molecule has 1 fully saturated rings. The number of hydrogen-bond donors (Lipinski definition) is 2. The molecule has 1 saturated carbocycles. The van der Waals surface area contributed by atoms with Crippen LogP contribution < -0.4 is 5.32 Å². The Morgan fingerprint density at radius 3 is 2.29 bits per heavy atom. The van der Waals surface area contributed by atoms with Crippen molar-refractivity contribution in [3.63, 3.8) is 0 Å². The van der Waals surface area contributed by atoms with E-state index < -0.39 is 21.5 Å². The maximum absolute atomic E-state index is 12.0. The number of rotatable bonds is 6. The second-order valence-electron chi connectivity index (χ2n) is 5.56. The van der Waals surface area contributed by atoms with Gasteiger partial charge in [0.2, 0.25) is 5.91 Å². The van der Waals surface area contributed by atoms with Crippen molar-refractivity contribution in [1.29, 1.82) is 0 Å². The van der Waals surface area contributed by atoms with E-state index in [1.165, 1.54) is 0 Å². The summed E-state index contributed by atoms with van der Waals surface area (Å²) in [7, 11) is -3.47. The standard InChI is InChI=1S/C15H21NO4S/c17-9-12-5-7-13(8-6-12)10-21(19,20)11-15(18)16-14-3-1-2-4-14/h5-8,14,17H,1-4,9-11H2,(H,16,18). The van der Waals surface area contributed by atoms with Crippen LogP contribution in [0.5, 0.6) is 0 Å². The fourth-order valence-electron chi connectivity index (χ4n) is 2.59. The summed E-state index contributed by atoms with van der Waals surface area (Å²) < 4.78 is 24.1. The lowest BCUT2D eigenvalue weighted by Crippen LogP contribution is -2.37. The molecule has 2 rings (SSSR count). The van der Waals surface area contributed by atoms with E-state index in [0.29, 0.717) is 5.56 Å². The minimum atomic E-state index is -3.47. The molecule has 0 unspecified atom stereocenters. The van der Waals surface area contributed by atoms with Gasteiger partial charge in [-0.15, -0.1) is 0 Å². The SMILES string of the molecule is O=C(CS(=O)(=O)Cc1ccc(CO)cc1)NC1CCCC1. The van der Waals surface area contributed by atoms with Gasteiger partial charge >= 0.3 is 0 Å². The molecular formula is C15H21NO4S. The van der Waals surface area contributed by atoms with E-state index in [0.717, 1.165) is 31.2 Å². The third kappa shape index (κ3) is 5.13. The fourth-order valence-corrected chi connectivity index (χ4v) is 3.87. The second-order valence-corrected chi connectivity index (χ2v) is 7.62. The van der Waals surface area contributed by atoms with Crippen LogP contribution in [-0.2, 0) is 27.0 Å². The van der Waals surface area contributed by atoms with Crippen molar-refractivity contribution in [2.75, 3.05) is 5.75 Å². The Hall–Kier alpha value is -1.40. The topological polar surface area (TPSA) is 83.5 Å². The number of benzene rings is 1.